The van der Waals surface area contributed by atoms with E-state index in [2.05, 4.69) is 6.92 Å². The Labute approximate surface area is 258 Å². The summed E-state index contributed by atoms with van der Waals surface area (Å²) in [6.07, 6.45) is 38.3. The summed E-state index contributed by atoms with van der Waals surface area (Å²) in [6.45, 7) is 2.61. The van der Waals surface area contributed by atoms with Crippen molar-refractivity contribution in [2.75, 3.05) is 6.61 Å². The number of hydrogen-bond acceptors (Lipinski definition) is 5. The van der Waals surface area contributed by atoms with E-state index < -0.39 is 23.2 Å². The van der Waals surface area contributed by atoms with E-state index in [1.165, 1.54) is 161 Å². The highest BCUT2D eigenvalue weighted by Crippen LogP contribution is 2.35. The minimum absolute atomic E-state index is 0.0306. The van der Waals surface area contributed by atoms with Crippen molar-refractivity contribution in [1.82, 2.24) is 0 Å². The van der Waals surface area contributed by atoms with E-state index in [0.717, 1.165) is 31.4 Å². The van der Waals surface area contributed by atoms with Crippen LogP contribution in [0.2, 0.25) is 0 Å². The smallest absolute Gasteiger partial charge is 0.338 e. The molecular formula is C37H66O5. The average molecular weight is 591 g/mol. The highest BCUT2D eigenvalue weighted by molar-refractivity contribution is 5.91. The minimum Gasteiger partial charge on any atom is -0.504 e. The molecule has 5 heteroatoms. The van der Waals surface area contributed by atoms with Crippen LogP contribution in [-0.2, 0) is 4.74 Å². The number of aromatic hydroxyl groups is 3. The molecule has 42 heavy (non-hydrogen) atoms. The topological polar surface area (TPSA) is 87.0 Å². The molecule has 5 nitrogen and oxygen atoms in total. The van der Waals surface area contributed by atoms with Crippen LogP contribution >= 0.6 is 0 Å². The van der Waals surface area contributed by atoms with Crippen molar-refractivity contribution in [2.24, 2.45) is 0 Å². The number of benzene rings is 1. The zero-order valence-corrected chi connectivity index (χ0v) is 27.3. The number of esters is 1. The third-order valence-electron chi connectivity index (χ3n) is 8.54. The van der Waals surface area contributed by atoms with Crippen molar-refractivity contribution >= 4 is 5.97 Å². The molecule has 0 saturated heterocycles. The number of phenols is 3. The van der Waals surface area contributed by atoms with Gasteiger partial charge in [-0.05, 0) is 18.6 Å². The highest BCUT2D eigenvalue weighted by atomic mass is 16.5. The quantitative estimate of drug-likeness (QED) is 0.0471. The van der Waals surface area contributed by atoms with Crippen LogP contribution in [0, 0.1) is 0 Å². The fourth-order valence-electron chi connectivity index (χ4n) is 5.74. The second-order valence-electron chi connectivity index (χ2n) is 12.5. The summed E-state index contributed by atoms with van der Waals surface area (Å²) in [5, 5.41) is 28.3. The Hall–Kier alpha value is -1.91. The first-order chi connectivity index (χ1) is 20.6. The second-order valence-corrected chi connectivity index (χ2v) is 12.5. The largest absolute Gasteiger partial charge is 0.504 e. The van der Waals surface area contributed by atoms with Gasteiger partial charge in [0.25, 0.3) is 0 Å². The molecule has 244 valence electrons. The zero-order chi connectivity index (χ0) is 30.5. The summed E-state index contributed by atoms with van der Waals surface area (Å²) in [4.78, 5) is 12.0. The van der Waals surface area contributed by atoms with Crippen molar-refractivity contribution in [3.63, 3.8) is 0 Å². The molecule has 0 unspecified atom stereocenters. The van der Waals surface area contributed by atoms with Gasteiger partial charge in [-0.15, -0.1) is 0 Å². The number of unbranched alkanes of at least 4 members (excludes halogenated alkanes) is 27. The van der Waals surface area contributed by atoms with Crippen LogP contribution in [0.25, 0.3) is 0 Å². The van der Waals surface area contributed by atoms with Gasteiger partial charge in [0.2, 0.25) is 0 Å². The number of ether oxygens (including phenoxy) is 1. The second kappa shape index (κ2) is 27.9. The van der Waals surface area contributed by atoms with Crippen LogP contribution in [0.1, 0.15) is 197 Å². The summed E-state index contributed by atoms with van der Waals surface area (Å²) in [7, 11) is 0. The molecule has 1 aromatic carbocycles. The molecular weight excluding hydrogens is 524 g/mol. The van der Waals surface area contributed by atoms with Gasteiger partial charge in [-0.1, -0.05) is 180 Å². The third kappa shape index (κ3) is 21.7. The summed E-state index contributed by atoms with van der Waals surface area (Å²) < 4.78 is 5.19. The lowest BCUT2D eigenvalue weighted by atomic mass is 10.0. The SMILES string of the molecule is CCCCCCCCCCCCCCCCCCCCCCCCCCCCCCOC(=O)c1cc(O)c(O)c(O)c1. The van der Waals surface area contributed by atoms with Crippen LogP contribution in [0.4, 0.5) is 0 Å². The third-order valence-corrected chi connectivity index (χ3v) is 8.54. The van der Waals surface area contributed by atoms with Crippen molar-refractivity contribution in [3.8, 4) is 17.2 Å². The summed E-state index contributed by atoms with van der Waals surface area (Å²) in [5.74, 6) is -2.31. The number of carbonyl (C=O) groups excluding carboxylic acids is 1. The minimum atomic E-state index is -0.632. The Kier molecular flexibility index (Phi) is 25.3. The molecule has 1 rings (SSSR count). The fourth-order valence-corrected chi connectivity index (χ4v) is 5.74. The highest BCUT2D eigenvalue weighted by Gasteiger charge is 2.14. The monoisotopic (exact) mass is 590 g/mol. The van der Waals surface area contributed by atoms with E-state index in [9.17, 15) is 20.1 Å². The van der Waals surface area contributed by atoms with Gasteiger partial charge >= 0.3 is 5.97 Å². The van der Waals surface area contributed by atoms with Crippen LogP contribution in [0.15, 0.2) is 12.1 Å². The summed E-state index contributed by atoms with van der Waals surface area (Å²) in [6, 6.07) is 2.19. The van der Waals surface area contributed by atoms with Gasteiger partial charge in [0.1, 0.15) is 0 Å². The van der Waals surface area contributed by atoms with E-state index in [-0.39, 0.29) is 5.56 Å². The standard InChI is InChI=1S/C37H66O5/c1-2-3-4-5-6-7-8-9-10-11-12-13-14-15-16-17-18-19-20-21-22-23-24-25-26-27-28-29-30-42-37(41)33-31-34(38)36(40)35(39)32-33/h31-32,38-40H,2-30H2,1H3. The molecule has 0 aliphatic rings. The number of hydrogen-bond donors (Lipinski definition) is 3. The molecule has 0 bridgehead atoms. The molecule has 0 atom stereocenters. The normalized spacial score (nSPS) is 11.3. The van der Waals surface area contributed by atoms with Crippen LogP contribution in [-0.4, -0.2) is 27.9 Å². The average Bonchev–Trinajstić information content (AvgIpc) is 2.98. The van der Waals surface area contributed by atoms with E-state index in [4.69, 9.17) is 4.74 Å². The Morgan fingerprint density at radius 1 is 0.476 bits per heavy atom. The van der Waals surface area contributed by atoms with Crippen molar-refractivity contribution in [1.29, 1.82) is 0 Å². The number of rotatable bonds is 30. The van der Waals surface area contributed by atoms with E-state index in [0.29, 0.717) is 6.61 Å². The van der Waals surface area contributed by atoms with E-state index in [1.807, 2.05) is 0 Å². The van der Waals surface area contributed by atoms with Gasteiger partial charge in [0.05, 0.1) is 12.2 Å². The lowest BCUT2D eigenvalue weighted by Crippen LogP contribution is -2.06. The van der Waals surface area contributed by atoms with Gasteiger partial charge in [0, 0.05) is 0 Å². The molecule has 0 heterocycles. The molecule has 0 radical (unpaired) electrons. The van der Waals surface area contributed by atoms with Crippen LogP contribution < -0.4 is 0 Å². The first kappa shape index (κ1) is 38.1. The molecule has 0 aliphatic carbocycles. The predicted octanol–water partition coefficient (Wildman–Crippen LogP) is 11.9. The van der Waals surface area contributed by atoms with Gasteiger partial charge < -0.3 is 20.1 Å². The molecule has 0 spiro atoms. The molecule has 0 aromatic heterocycles. The number of carbonyl (C=O) groups is 1. The van der Waals surface area contributed by atoms with Crippen molar-refractivity contribution in [2.45, 2.75) is 187 Å². The van der Waals surface area contributed by atoms with Crippen LogP contribution in [0.3, 0.4) is 0 Å². The van der Waals surface area contributed by atoms with Crippen molar-refractivity contribution < 1.29 is 24.9 Å². The molecule has 0 fully saturated rings. The Balaban J connectivity index is 1.72. The van der Waals surface area contributed by atoms with Gasteiger partial charge in [-0.2, -0.15) is 0 Å². The van der Waals surface area contributed by atoms with Crippen LogP contribution in [0.5, 0.6) is 17.2 Å². The predicted molar refractivity (Wildman–Crippen MR) is 177 cm³/mol. The maximum atomic E-state index is 12.0. The van der Waals surface area contributed by atoms with E-state index >= 15 is 0 Å². The summed E-state index contributed by atoms with van der Waals surface area (Å²) >= 11 is 0. The molecule has 1 aromatic rings. The fraction of sp³-hybridized carbons (Fsp3) is 0.811. The maximum absolute atomic E-state index is 12.0. The molecule has 0 saturated carbocycles. The Morgan fingerprint density at radius 2 is 0.738 bits per heavy atom. The summed E-state index contributed by atoms with van der Waals surface area (Å²) in [5.41, 5.74) is 0.0306. The first-order valence-electron chi connectivity index (χ1n) is 18.0. The Morgan fingerprint density at radius 3 is 1.02 bits per heavy atom. The van der Waals surface area contributed by atoms with Gasteiger partial charge in [-0.25, -0.2) is 4.79 Å². The molecule has 0 amide bonds. The lowest BCUT2D eigenvalue weighted by Gasteiger charge is -2.07. The van der Waals surface area contributed by atoms with E-state index in [1.54, 1.807) is 0 Å². The van der Waals surface area contributed by atoms with Crippen molar-refractivity contribution in [3.05, 3.63) is 17.7 Å². The number of phenolic OH excluding ortho intramolecular Hbond substituents is 3. The molecule has 3 N–H and O–H groups in total. The molecule has 0 aliphatic heterocycles. The zero-order valence-electron chi connectivity index (χ0n) is 27.3. The van der Waals surface area contributed by atoms with Gasteiger partial charge in [0.15, 0.2) is 17.2 Å². The maximum Gasteiger partial charge on any atom is 0.338 e. The Bertz CT molecular complexity index is 740. The lowest BCUT2D eigenvalue weighted by molar-refractivity contribution is 0.0496. The first-order valence-corrected chi connectivity index (χ1v) is 18.0. The van der Waals surface area contributed by atoms with Gasteiger partial charge in [-0.3, -0.25) is 0 Å².